The fourth-order valence-electron chi connectivity index (χ4n) is 7.35. The number of carbonyl (C=O) groups is 3. The van der Waals surface area contributed by atoms with Crippen LogP contribution in [-0.4, -0.2) is 82.3 Å². The highest BCUT2D eigenvalue weighted by molar-refractivity contribution is 5.98. The second kappa shape index (κ2) is 13.6. The summed E-state index contributed by atoms with van der Waals surface area (Å²) in [5.74, 6) is -2.41. The highest BCUT2D eigenvalue weighted by Gasteiger charge is 2.80. The SMILES string of the molecule is C=CCCCCOC(=O)[C@H]1[C@H]2C(=O)N([C@@H](CO)CC(C)C)C(C(=O)N(CC=C)CCCCC)C23CC(C)[C@]1(C)O3. The molecule has 7 atom stereocenters. The van der Waals surface area contributed by atoms with Crippen molar-refractivity contribution >= 4 is 17.8 Å². The summed E-state index contributed by atoms with van der Waals surface area (Å²) in [5, 5.41) is 10.5. The van der Waals surface area contributed by atoms with E-state index in [2.05, 4.69) is 20.1 Å². The number of carbonyl (C=O) groups excluding carboxylic acids is 3. The van der Waals surface area contributed by atoms with Crippen LogP contribution in [0.25, 0.3) is 0 Å². The monoisotopic (exact) mass is 560 g/mol. The summed E-state index contributed by atoms with van der Waals surface area (Å²) in [6, 6.07) is -1.47. The summed E-state index contributed by atoms with van der Waals surface area (Å²) in [5.41, 5.74) is -2.06. The van der Waals surface area contributed by atoms with Gasteiger partial charge in [-0.3, -0.25) is 14.4 Å². The molecular formula is C32H52N2O6. The van der Waals surface area contributed by atoms with Gasteiger partial charge in [-0.2, -0.15) is 0 Å². The van der Waals surface area contributed by atoms with Gasteiger partial charge in [0.1, 0.15) is 17.6 Å². The summed E-state index contributed by atoms with van der Waals surface area (Å²) in [7, 11) is 0. The first-order chi connectivity index (χ1) is 19.0. The minimum Gasteiger partial charge on any atom is -0.465 e. The number of ether oxygens (including phenoxy) is 2. The standard InChI is InChI=1S/C32H52N2O6/c1-8-11-13-15-18-39-30(38)26-25-28(36)34(24(21-35)19-22(4)5)27(32(25)20-23(6)31(26,7)40-32)29(37)33(16-10-3)17-14-12-9-2/h8,10,22-27,35H,1,3,9,11-21H2,2,4-7H3/t23?,24-,25+,26-,27?,31+,32?/m1/s1. The first kappa shape index (κ1) is 32.3. The summed E-state index contributed by atoms with van der Waals surface area (Å²) >= 11 is 0. The maximum absolute atomic E-state index is 14.5. The molecule has 0 aromatic rings. The topological polar surface area (TPSA) is 96.4 Å². The van der Waals surface area contributed by atoms with Gasteiger partial charge < -0.3 is 24.4 Å². The van der Waals surface area contributed by atoms with E-state index < -0.39 is 41.1 Å². The van der Waals surface area contributed by atoms with E-state index in [0.29, 0.717) is 32.4 Å². The summed E-state index contributed by atoms with van der Waals surface area (Å²) in [6.45, 7) is 18.6. The molecule has 1 spiro atoms. The van der Waals surface area contributed by atoms with Gasteiger partial charge in [0.2, 0.25) is 11.8 Å². The molecule has 40 heavy (non-hydrogen) atoms. The molecule has 0 saturated carbocycles. The maximum Gasteiger partial charge on any atom is 0.312 e. The lowest BCUT2D eigenvalue weighted by atomic mass is 9.62. The second-order valence-electron chi connectivity index (χ2n) is 12.6. The van der Waals surface area contributed by atoms with Crippen LogP contribution >= 0.6 is 0 Å². The molecule has 0 aliphatic carbocycles. The predicted molar refractivity (Wildman–Crippen MR) is 155 cm³/mol. The molecule has 3 rings (SSSR count). The lowest BCUT2D eigenvalue weighted by molar-refractivity contribution is -0.164. The van der Waals surface area contributed by atoms with Crippen LogP contribution < -0.4 is 0 Å². The number of unbranched alkanes of at least 4 members (excludes halogenated alkanes) is 4. The number of likely N-dealkylation sites (tertiary alicyclic amines) is 1. The minimum absolute atomic E-state index is 0.0595. The molecule has 3 unspecified atom stereocenters. The van der Waals surface area contributed by atoms with E-state index >= 15 is 0 Å². The van der Waals surface area contributed by atoms with Crippen LogP contribution in [-0.2, 0) is 23.9 Å². The van der Waals surface area contributed by atoms with Crippen molar-refractivity contribution < 1.29 is 29.0 Å². The highest BCUT2D eigenvalue weighted by Crippen LogP contribution is 2.65. The van der Waals surface area contributed by atoms with E-state index in [-0.39, 0.29) is 36.9 Å². The summed E-state index contributed by atoms with van der Waals surface area (Å²) in [6.07, 6.45) is 9.86. The Balaban J connectivity index is 2.04. The first-order valence-corrected chi connectivity index (χ1v) is 15.3. The van der Waals surface area contributed by atoms with Crippen LogP contribution in [0.3, 0.4) is 0 Å². The average Bonchev–Trinajstić information content (AvgIpc) is 3.42. The third-order valence-electron chi connectivity index (χ3n) is 9.33. The Hall–Kier alpha value is -2.19. The average molecular weight is 561 g/mol. The Kier molecular flexibility index (Phi) is 11.0. The normalized spacial score (nSPS) is 31.4. The van der Waals surface area contributed by atoms with Gasteiger partial charge in [-0.05, 0) is 57.3 Å². The zero-order valence-corrected chi connectivity index (χ0v) is 25.4. The lowest BCUT2D eigenvalue weighted by Gasteiger charge is -2.40. The second-order valence-corrected chi connectivity index (χ2v) is 12.6. The van der Waals surface area contributed by atoms with Crippen molar-refractivity contribution in [2.45, 2.75) is 109 Å². The molecule has 2 bridgehead atoms. The van der Waals surface area contributed by atoms with E-state index in [4.69, 9.17) is 9.47 Å². The van der Waals surface area contributed by atoms with E-state index in [0.717, 1.165) is 32.1 Å². The number of aliphatic hydroxyl groups is 1. The van der Waals surface area contributed by atoms with E-state index in [1.165, 1.54) is 0 Å². The molecular weight excluding hydrogens is 508 g/mol. The van der Waals surface area contributed by atoms with Crippen molar-refractivity contribution in [2.75, 3.05) is 26.3 Å². The number of esters is 1. The molecule has 3 aliphatic rings. The Morgan fingerprint density at radius 3 is 2.55 bits per heavy atom. The van der Waals surface area contributed by atoms with Gasteiger partial charge in [0, 0.05) is 13.1 Å². The molecule has 0 radical (unpaired) electrons. The van der Waals surface area contributed by atoms with E-state index in [1.54, 1.807) is 15.9 Å². The number of fused-ring (bicyclic) bond motifs is 1. The Labute approximate surface area is 241 Å². The molecule has 2 amide bonds. The van der Waals surface area contributed by atoms with E-state index in [9.17, 15) is 19.5 Å². The fraction of sp³-hybridized carbons (Fsp3) is 0.781. The summed E-state index contributed by atoms with van der Waals surface area (Å²) < 4.78 is 12.6. The van der Waals surface area contributed by atoms with Gasteiger partial charge >= 0.3 is 5.97 Å². The molecule has 1 N–H and O–H groups in total. The third kappa shape index (κ3) is 5.89. The number of amides is 2. The molecule has 0 aromatic heterocycles. The molecule has 8 nitrogen and oxygen atoms in total. The maximum atomic E-state index is 14.5. The van der Waals surface area contributed by atoms with Crippen molar-refractivity contribution in [3.05, 3.63) is 25.3 Å². The zero-order valence-electron chi connectivity index (χ0n) is 25.4. The zero-order chi connectivity index (χ0) is 29.7. The summed E-state index contributed by atoms with van der Waals surface area (Å²) in [4.78, 5) is 45.9. The third-order valence-corrected chi connectivity index (χ3v) is 9.33. The van der Waals surface area contributed by atoms with Crippen molar-refractivity contribution in [2.24, 2.45) is 23.7 Å². The molecule has 8 heteroatoms. The van der Waals surface area contributed by atoms with Gasteiger partial charge in [0.25, 0.3) is 0 Å². The van der Waals surface area contributed by atoms with E-state index in [1.807, 2.05) is 33.8 Å². The number of rotatable bonds is 17. The van der Waals surface area contributed by atoms with Crippen LogP contribution in [0.15, 0.2) is 25.3 Å². The number of hydrogen-bond donors (Lipinski definition) is 1. The molecule has 3 saturated heterocycles. The number of nitrogens with zero attached hydrogens (tertiary/aromatic N) is 2. The van der Waals surface area contributed by atoms with Gasteiger partial charge in [0.05, 0.1) is 30.8 Å². The first-order valence-electron chi connectivity index (χ1n) is 15.3. The fourth-order valence-corrected chi connectivity index (χ4v) is 7.35. The molecule has 226 valence electrons. The Morgan fingerprint density at radius 1 is 1.23 bits per heavy atom. The van der Waals surface area contributed by atoms with Gasteiger partial charge in [-0.1, -0.05) is 52.7 Å². The Morgan fingerprint density at radius 2 is 1.95 bits per heavy atom. The van der Waals surface area contributed by atoms with Gasteiger partial charge in [-0.15, -0.1) is 13.2 Å². The number of hydrogen-bond acceptors (Lipinski definition) is 6. The smallest absolute Gasteiger partial charge is 0.312 e. The molecule has 3 fully saturated rings. The lowest BCUT2D eigenvalue weighted by Crippen LogP contribution is -2.59. The quantitative estimate of drug-likeness (QED) is 0.160. The van der Waals surface area contributed by atoms with Crippen LogP contribution in [0, 0.1) is 23.7 Å². The predicted octanol–water partition coefficient (Wildman–Crippen LogP) is 4.51. The minimum atomic E-state index is -1.15. The van der Waals surface area contributed by atoms with Crippen molar-refractivity contribution in [3.8, 4) is 0 Å². The highest BCUT2D eigenvalue weighted by atomic mass is 16.6. The van der Waals surface area contributed by atoms with Crippen LogP contribution in [0.2, 0.25) is 0 Å². The van der Waals surface area contributed by atoms with Gasteiger partial charge in [-0.25, -0.2) is 0 Å². The van der Waals surface area contributed by atoms with Crippen LogP contribution in [0.5, 0.6) is 0 Å². The van der Waals surface area contributed by atoms with Crippen LogP contribution in [0.4, 0.5) is 0 Å². The van der Waals surface area contributed by atoms with Crippen molar-refractivity contribution in [3.63, 3.8) is 0 Å². The molecule has 3 aliphatic heterocycles. The van der Waals surface area contributed by atoms with Crippen molar-refractivity contribution in [1.29, 1.82) is 0 Å². The molecule has 3 heterocycles. The van der Waals surface area contributed by atoms with Gasteiger partial charge in [0.15, 0.2) is 0 Å². The molecule has 0 aromatic carbocycles. The van der Waals surface area contributed by atoms with Crippen molar-refractivity contribution in [1.82, 2.24) is 9.80 Å². The number of allylic oxidation sites excluding steroid dienone is 1. The van der Waals surface area contributed by atoms with Crippen LogP contribution in [0.1, 0.15) is 86.0 Å². The number of aliphatic hydroxyl groups excluding tert-OH is 1. The Bertz CT molecular complexity index is 936. The largest absolute Gasteiger partial charge is 0.465 e.